The van der Waals surface area contributed by atoms with Gasteiger partial charge in [-0.3, -0.25) is 9.89 Å². The van der Waals surface area contributed by atoms with Crippen LogP contribution in [0.15, 0.2) is 48.7 Å². The molecule has 0 saturated heterocycles. The lowest BCUT2D eigenvalue weighted by Crippen LogP contribution is -2.11. The zero-order valence-corrected chi connectivity index (χ0v) is 11.7. The fraction of sp³-hybridized carbons (Fsp3) is 0. The summed E-state index contributed by atoms with van der Waals surface area (Å²) in [6.07, 6.45) is 1.34. The first-order valence-corrected chi connectivity index (χ1v) is 6.61. The number of H-pyrrole nitrogens is 1. The fourth-order valence-electron chi connectivity index (χ4n) is 2.07. The van der Waals surface area contributed by atoms with Gasteiger partial charge in [0, 0.05) is 11.6 Å². The molecule has 0 fully saturated rings. The maximum atomic E-state index is 13.6. The number of rotatable bonds is 4. The van der Waals surface area contributed by atoms with Crippen molar-refractivity contribution in [2.75, 3.05) is 0 Å². The van der Waals surface area contributed by atoms with Crippen molar-refractivity contribution >= 4 is 5.91 Å². The summed E-state index contributed by atoms with van der Waals surface area (Å²) in [6, 6.07) is 9.56. The minimum Gasteiger partial charge on any atom is -0.454 e. The standard InChI is InChI=1S/C16H11F2N3O2/c17-10-3-6-14(13(18)7-10)23-11-4-1-9(2-5-11)15-12(16(19)22)8-20-21-15/h1-8H,(H2,19,22)(H,20,21). The lowest BCUT2D eigenvalue weighted by atomic mass is 10.1. The Morgan fingerprint density at radius 2 is 1.87 bits per heavy atom. The van der Waals surface area contributed by atoms with Crippen molar-refractivity contribution in [1.29, 1.82) is 0 Å². The molecule has 0 radical (unpaired) electrons. The predicted octanol–water partition coefficient (Wildman–Crippen LogP) is 3.25. The summed E-state index contributed by atoms with van der Waals surface area (Å²) in [6.45, 7) is 0. The number of benzene rings is 2. The third-order valence-electron chi connectivity index (χ3n) is 3.17. The molecule has 3 rings (SSSR count). The Balaban J connectivity index is 1.85. The Morgan fingerprint density at radius 3 is 2.52 bits per heavy atom. The number of hydrogen-bond donors (Lipinski definition) is 2. The fourth-order valence-corrected chi connectivity index (χ4v) is 2.07. The van der Waals surface area contributed by atoms with E-state index in [2.05, 4.69) is 10.2 Å². The Morgan fingerprint density at radius 1 is 1.13 bits per heavy atom. The first kappa shape index (κ1) is 14.7. The van der Waals surface area contributed by atoms with Crippen molar-refractivity contribution < 1.29 is 18.3 Å². The molecule has 1 heterocycles. The highest BCUT2D eigenvalue weighted by Gasteiger charge is 2.12. The van der Waals surface area contributed by atoms with Crippen molar-refractivity contribution in [3.63, 3.8) is 0 Å². The molecule has 116 valence electrons. The van der Waals surface area contributed by atoms with E-state index in [-0.39, 0.29) is 11.3 Å². The molecule has 1 aromatic heterocycles. The number of nitrogens with one attached hydrogen (secondary N) is 1. The van der Waals surface area contributed by atoms with Crippen LogP contribution in [0.4, 0.5) is 8.78 Å². The smallest absolute Gasteiger partial charge is 0.252 e. The SMILES string of the molecule is NC(=O)c1cn[nH]c1-c1ccc(Oc2ccc(F)cc2F)cc1. The van der Waals surface area contributed by atoms with Gasteiger partial charge in [-0.1, -0.05) is 0 Å². The summed E-state index contributed by atoms with van der Waals surface area (Å²) in [5.41, 5.74) is 6.68. The Labute approximate surface area is 129 Å². The number of hydrogen-bond acceptors (Lipinski definition) is 3. The zero-order valence-electron chi connectivity index (χ0n) is 11.7. The van der Waals surface area contributed by atoms with Gasteiger partial charge in [0.15, 0.2) is 11.6 Å². The van der Waals surface area contributed by atoms with E-state index in [1.807, 2.05) is 0 Å². The Kier molecular flexibility index (Phi) is 3.76. The first-order valence-electron chi connectivity index (χ1n) is 6.61. The number of nitrogens with two attached hydrogens (primary N) is 1. The number of carbonyl (C=O) groups excluding carboxylic acids is 1. The second-order valence-corrected chi connectivity index (χ2v) is 4.72. The van der Waals surface area contributed by atoms with Gasteiger partial charge in [0.1, 0.15) is 11.6 Å². The van der Waals surface area contributed by atoms with Gasteiger partial charge in [0.25, 0.3) is 5.91 Å². The molecule has 0 bridgehead atoms. The number of halogens is 2. The van der Waals surface area contributed by atoms with Crippen LogP contribution in [-0.4, -0.2) is 16.1 Å². The normalized spacial score (nSPS) is 10.5. The highest BCUT2D eigenvalue weighted by atomic mass is 19.1. The van der Waals surface area contributed by atoms with Gasteiger partial charge in [-0.15, -0.1) is 0 Å². The van der Waals surface area contributed by atoms with Crippen LogP contribution in [0.1, 0.15) is 10.4 Å². The molecule has 0 spiro atoms. The number of nitrogens with zero attached hydrogens (tertiary/aromatic N) is 1. The molecule has 1 amide bonds. The maximum Gasteiger partial charge on any atom is 0.252 e. The van der Waals surface area contributed by atoms with E-state index >= 15 is 0 Å². The maximum absolute atomic E-state index is 13.6. The van der Waals surface area contributed by atoms with Crippen LogP contribution in [0.2, 0.25) is 0 Å². The number of ether oxygens (including phenoxy) is 1. The van der Waals surface area contributed by atoms with Gasteiger partial charge in [0.2, 0.25) is 0 Å². The minimum atomic E-state index is -0.793. The quantitative estimate of drug-likeness (QED) is 0.775. The molecule has 3 N–H and O–H groups in total. The highest BCUT2D eigenvalue weighted by Crippen LogP contribution is 2.28. The summed E-state index contributed by atoms with van der Waals surface area (Å²) in [7, 11) is 0. The Hall–Kier alpha value is -3.22. The molecule has 0 unspecified atom stereocenters. The second kappa shape index (κ2) is 5.88. The van der Waals surface area contributed by atoms with Crippen molar-refractivity contribution in [1.82, 2.24) is 10.2 Å². The number of amides is 1. The molecule has 0 aliphatic rings. The van der Waals surface area contributed by atoms with Gasteiger partial charge >= 0.3 is 0 Å². The van der Waals surface area contributed by atoms with Gasteiger partial charge in [0.05, 0.1) is 17.5 Å². The van der Waals surface area contributed by atoms with Crippen LogP contribution in [0.3, 0.4) is 0 Å². The van der Waals surface area contributed by atoms with E-state index in [1.165, 1.54) is 12.3 Å². The summed E-state index contributed by atoms with van der Waals surface area (Å²) in [5.74, 6) is -1.79. The minimum absolute atomic E-state index is 0.0847. The van der Waals surface area contributed by atoms with Crippen molar-refractivity contribution in [3.8, 4) is 22.8 Å². The number of aromatic nitrogens is 2. The molecule has 0 saturated carbocycles. The Bertz CT molecular complexity index is 860. The lowest BCUT2D eigenvalue weighted by Gasteiger charge is -2.07. The first-order chi connectivity index (χ1) is 11.0. The topological polar surface area (TPSA) is 81.0 Å². The number of aromatic amines is 1. The van der Waals surface area contributed by atoms with Crippen molar-refractivity contribution in [2.45, 2.75) is 0 Å². The largest absolute Gasteiger partial charge is 0.454 e. The van der Waals surface area contributed by atoms with E-state index in [4.69, 9.17) is 10.5 Å². The molecule has 23 heavy (non-hydrogen) atoms. The van der Waals surface area contributed by atoms with E-state index in [0.717, 1.165) is 12.1 Å². The zero-order chi connectivity index (χ0) is 16.4. The molecule has 3 aromatic rings. The van der Waals surface area contributed by atoms with Crippen LogP contribution in [0.5, 0.6) is 11.5 Å². The van der Waals surface area contributed by atoms with Crippen LogP contribution in [-0.2, 0) is 0 Å². The van der Waals surface area contributed by atoms with Crippen molar-refractivity contribution in [3.05, 3.63) is 65.9 Å². The summed E-state index contributed by atoms with van der Waals surface area (Å²) < 4.78 is 31.8. The lowest BCUT2D eigenvalue weighted by molar-refractivity contribution is 0.100. The molecular formula is C16H11F2N3O2. The monoisotopic (exact) mass is 315 g/mol. The number of primary amides is 1. The molecule has 0 aliphatic heterocycles. The van der Waals surface area contributed by atoms with E-state index in [0.29, 0.717) is 17.0 Å². The average molecular weight is 315 g/mol. The average Bonchev–Trinajstić information content (AvgIpc) is 3.00. The molecule has 0 atom stereocenters. The van der Waals surface area contributed by atoms with Crippen LogP contribution in [0.25, 0.3) is 11.3 Å². The van der Waals surface area contributed by atoms with Gasteiger partial charge in [-0.05, 0) is 36.4 Å². The molecule has 2 aromatic carbocycles. The summed E-state index contributed by atoms with van der Waals surface area (Å²) in [5, 5.41) is 6.48. The summed E-state index contributed by atoms with van der Waals surface area (Å²) >= 11 is 0. The van der Waals surface area contributed by atoms with E-state index < -0.39 is 17.5 Å². The molecule has 7 heteroatoms. The van der Waals surface area contributed by atoms with Crippen LogP contribution < -0.4 is 10.5 Å². The highest BCUT2D eigenvalue weighted by molar-refractivity contribution is 5.98. The van der Waals surface area contributed by atoms with Crippen LogP contribution in [0, 0.1) is 11.6 Å². The van der Waals surface area contributed by atoms with Gasteiger partial charge in [-0.25, -0.2) is 8.78 Å². The van der Waals surface area contributed by atoms with Gasteiger partial charge < -0.3 is 10.5 Å². The predicted molar refractivity (Wildman–Crippen MR) is 79.0 cm³/mol. The van der Waals surface area contributed by atoms with E-state index in [9.17, 15) is 13.6 Å². The molecular weight excluding hydrogens is 304 g/mol. The van der Waals surface area contributed by atoms with Crippen LogP contribution >= 0.6 is 0 Å². The third-order valence-corrected chi connectivity index (χ3v) is 3.17. The number of carbonyl (C=O) groups is 1. The third kappa shape index (κ3) is 3.03. The summed E-state index contributed by atoms with van der Waals surface area (Å²) in [4.78, 5) is 11.3. The van der Waals surface area contributed by atoms with Gasteiger partial charge in [-0.2, -0.15) is 5.10 Å². The second-order valence-electron chi connectivity index (χ2n) is 4.72. The van der Waals surface area contributed by atoms with Crippen molar-refractivity contribution in [2.24, 2.45) is 5.73 Å². The molecule has 5 nitrogen and oxygen atoms in total. The molecule has 0 aliphatic carbocycles. The van der Waals surface area contributed by atoms with E-state index in [1.54, 1.807) is 24.3 Å².